The molecule has 3 nitrogen and oxygen atoms in total. The van der Waals surface area contributed by atoms with Crippen molar-refractivity contribution in [2.45, 2.75) is 31.7 Å². The Kier molecular flexibility index (Phi) is 6.19. The van der Waals surface area contributed by atoms with Gasteiger partial charge >= 0.3 is 0 Å². The number of benzene rings is 2. The number of hydrogen-bond acceptors (Lipinski definition) is 3. The minimum Gasteiger partial charge on any atom is -0.303 e. The number of fused-ring (bicyclic) bond motifs is 1. The van der Waals surface area contributed by atoms with Gasteiger partial charge in [0.1, 0.15) is 0 Å². The third-order valence-electron chi connectivity index (χ3n) is 7.15. The van der Waals surface area contributed by atoms with Crippen molar-refractivity contribution in [1.29, 1.82) is 0 Å². The molecule has 5 rings (SSSR count). The third kappa shape index (κ3) is 4.13. The molecule has 1 unspecified atom stereocenters. The van der Waals surface area contributed by atoms with Crippen LogP contribution in [0.2, 0.25) is 0 Å². The lowest BCUT2D eigenvalue weighted by Crippen LogP contribution is -2.43. The second-order valence-electron chi connectivity index (χ2n) is 9.33. The molecule has 0 saturated heterocycles. The minimum atomic E-state index is -0.540. The highest BCUT2D eigenvalue weighted by molar-refractivity contribution is 6.06. The summed E-state index contributed by atoms with van der Waals surface area (Å²) in [6.07, 6.45) is 18.3. The summed E-state index contributed by atoms with van der Waals surface area (Å²) in [7, 11) is 2.00. The van der Waals surface area contributed by atoms with Gasteiger partial charge in [0.05, 0.1) is 5.54 Å². The van der Waals surface area contributed by atoms with Crippen molar-refractivity contribution in [3.05, 3.63) is 130 Å². The van der Waals surface area contributed by atoms with Crippen molar-refractivity contribution in [1.82, 2.24) is 5.32 Å². The van der Waals surface area contributed by atoms with Crippen LogP contribution in [-0.4, -0.2) is 19.0 Å². The zero-order valence-electron chi connectivity index (χ0n) is 20.3. The highest BCUT2D eigenvalue weighted by atomic mass is 16.1. The number of allylic oxidation sites excluding steroid dienone is 8. The molecule has 174 valence electrons. The van der Waals surface area contributed by atoms with Crippen LogP contribution in [0.25, 0.3) is 11.6 Å². The third-order valence-corrected chi connectivity index (χ3v) is 7.15. The van der Waals surface area contributed by atoms with E-state index in [1.54, 1.807) is 0 Å². The van der Waals surface area contributed by atoms with Crippen molar-refractivity contribution < 1.29 is 4.79 Å². The first-order valence-corrected chi connectivity index (χ1v) is 12.1. The van der Waals surface area contributed by atoms with Crippen LogP contribution in [0.15, 0.2) is 107 Å². The molecule has 3 heteroatoms. The summed E-state index contributed by atoms with van der Waals surface area (Å²) < 4.78 is 0. The molecule has 0 bridgehead atoms. The van der Waals surface area contributed by atoms with Crippen molar-refractivity contribution in [3.8, 4) is 0 Å². The van der Waals surface area contributed by atoms with Crippen molar-refractivity contribution in [2.75, 3.05) is 7.05 Å². The quantitative estimate of drug-likeness (QED) is 0.537. The summed E-state index contributed by atoms with van der Waals surface area (Å²) in [6, 6.07) is 15.1. The smallest absolute Gasteiger partial charge is 0.160 e. The fraction of sp³-hybridized carbons (Fsp3) is 0.188. The molecule has 0 aromatic heterocycles. The van der Waals surface area contributed by atoms with E-state index >= 15 is 0 Å². The second-order valence-corrected chi connectivity index (χ2v) is 9.33. The number of likely N-dealkylation sites (N-methyl/N-ethyl adjacent to an activating group) is 1. The van der Waals surface area contributed by atoms with Crippen LogP contribution >= 0.6 is 0 Å². The number of hydrogen-bond donors (Lipinski definition) is 1. The van der Waals surface area contributed by atoms with Gasteiger partial charge < -0.3 is 5.32 Å². The van der Waals surface area contributed by atoms with E-state index < -0.39 is 5.54 Å². The lowest BCUT2D eigenvalue weighted by atomic mass is 9.74. The first kappa shape index (κ1) is 22.9. The van der Waals surface area contributed by atoms with E-state index in [0.29, 0.717) is 6.42 Å². The molecular weight excluding hydrogens is 428 g/mol. The first-order valence-electron chi connectivity index (χ1n) is 12.1. The summed E-state index contributed by atoms with van der Waals surface area (Å²) in [6.45, 7) is 6.04. The maximum Gasteiger partial charge on any atom is 0.160 e. The molecule has 0 saturated carbocycles. The Morgan fingerprint density at radius 2 is 1.86 bits per heavy atom. The molecule has 2 aromatic carbocycles. The van der Waals surface area contributed by atoms with Gasteiger partial charge in [-0.05, 0) is 77.1 Å². The monoisotopic (exact) mass is 458 g/mol. The Bertz CT molecular complexity index is 1380. The number of nitrogens with zero attached hydrogens (tertiary/aromatic N) is 1. The average Bonchev–Trinajstić information content (AvgIpc) is 3.33. The summed E-state index contributed by atoms with van der Waals surface area (Å²) in [5, 5.41) is 3.66. The maximum absolute atomic E-state index is 12.7. The number of aliphatic imine (C=N–C) groups is 1. The van der Waals surface area contributed by atoms with Gasteiger partial charge in [0.15, 0.2) is 5.78 Å². The average molecular weight is 459 g/mol. The first-order chi connectivity index (χ1) is 17.0. The molecule has 2 aromatic rings. The largest absolute Gasteiger partial charge is 0.303 e. The number of carbonyl (C=O) groups excluding carboxylic acids is 1. The molecular formula is C32H30N2O. The molecule has 1 aliphatic heterocycles. The molecule has 0 amide bonds. The Balaban J connectivity index is 1.70. The molecule has 0 fully saturated rings. The SMILES string of the molecule is C=Cc1ccc(C(NC)(C2=CN=CC2)c2ccc3c(c2)C(C2=CC=CCC(C)=C2)=CC(=O)C3)cc1. The Morgan fingerprint density at radius 1 is 1.06 bits per heavy atom. The Hall–Kier alpha value is -3.82. The number of ketones is 1. The number of carbonyl (C=O) groups is 1. The van der Waals surface area contributed by atoms with Crippen LogP contribution in [-0.2, 0) is 16.8 Å². The van der Waals surface area contributed by atoms with E-state index in [4.69, 9.17) is 0 Å². The van der Waals surface area contributed by atoms with E-state index in [2.05, 4.69) is 90.6 Å². The number of nitrogens with one attached hydrogen (secondary N) is 1. The van der Waals surface area contributed by atoms with E-state index in [1.165, 1.54) is 11.1 Å². The topological polar surface area (TPSA) is 41.5 Å². The lowest BCUT2D eigenvalue weighted by molar-refractivity contribution is -0.114. The van der Waals surface area contributed by atoms with Crippen LogP contribution in [0.3, 0.4) is 0 Å². The van der Waals surface area contributed by atoms with Crippen LogP contribution in [0.4, 0.5) is 0 Å². The fourth-order valence-corrected chi connectivity index (χ4v) is 5.35. The van der Waals surface area contributed by atoms with Crippen LogP contribution < -0.4 is 5.32 Å². The van der Waals surface area contributed by atoms with Gasteiger partial charge in [0.2, 0.25) is 0 Å². The van der Waals surface area contributed by atoms with E-state index in [0.717, 1.165) is 51.8 Å². The van der Waals surface area contributed by atoms with Gasteiger partial charge in [-0.15, -0.1) is 0 Å². The second kappa shape index (κ2) is 9.44. The zero-order valence-corrected chi connectivity index (χ0v) is 20.3. The normalized spacial score (nSPS) is 18.6. The summed E-state index contributed by atoms with van der Waals surface area (Å²) in [4.78, 5) is 17.1. The van der Waals surface area contributed by atoms with Crippen LogP contribution in [0.1, 0.15) is 47.6 Å². The van der Waals surface area contributed by atoms with Crippen molar-refractivity contribution in [2.24, 2.45) is 4.99 Å². The summed E-state index contributed by atoms with van der Waals surface area (Å²) in [5.41, 5.74) is 9.55. The van der Waals surface area contributed by atoms with E-state index in [9.17, 15) is 4.79 Å². The van der Waals surface area contributed by atoms with Crippen molar-refractivity contribution >= 4 is 23.6 Å². The maximum atomic E-state index is 12.7. The van der Waals surface area contributed by atoms with E-state index in [1.807, 2.05) is 31.6 Å². The van der Waals surface area contributed by atoms with Gasteiger partial charge in [-0.1, -0.05) is 78.9 Å². The molecule has 0 radical (unpaired) electrons. The lowest BCUT2D eigenvalue weighted by Gasteiger charge is -2.37. The molecule has 0 spiro atoms. The van der Waals surface area contributed by atoms with Gasteiger partial charge in [-0.3, -0.25) is 9.79 Å². The van der Waals surface area contributed by atoms with Crippen molar-refractivity contribution in [3.63, 3.8) is 0 Å². The molecule has 3 aliphatic rings. The molecule has 2 aliphatic carbocycles. The molecule has 1 N–H and O–H groups in total. The van der Waals surface area contributed by atoms with Gasteiger partial charge in [0.25, 0.3) is 0 Å². The molecule has 1 atom stereocenters. The highest BCUT2D eigenvalue weighted by Gasteiger charge is 2.38. The highest BCUT2D eigenvalue weighted by Crippen LogP contribution is 2.42. The predicted molar refractivity (Wildman–Crippen MR) is 146 cm³/mol. The molecule has 35 heavy (non-hydrogen) atoms. The Morgan fingerprint density at radius 3 is 2.57 bits per heavy atom. The molecule has 1 heterocycles. The summed E-state index contributed by atoms with van der Waals surface area (Å²) >= 11 is 0. The minimum absolute atomic E-state index is 0.146. The zero-order chi connectivity index (χ0) is 24.4. The van der Waals surface area contributed by atoms with Gasteiger partial charge in [-0.2, -0.15) is 0 Å². The van der Waals surface area contributed by atoms with Crippen LogP contribution in [0, 0.1) is 0 Å². The fourth-order valence-electron chi connectivity index (χ4n) is 5.35. The van der Waals surface area contributed by atoms with Crippen LogP contribution in [0.5, 0.6) is 0 Å². The van der Waals surface area contributed by atoms with Gasteiger partial charge in [-0.25, -0.2) is 0 Å². The Labute approximate surface area is 207 Å². The van der Waals surface area contributed by atoms with Gasteiger partial charge in [0, 0.05) is 25.3 Å². The predicted octanol–water partition coefficient (Wildman–Crippen LogP) is 6.49. The standard InChI is InChI=1S/C32H30N2O/c1-4-23-9-12-26(13-10-23)32(33-3,28-15-16-34-21-28)27-14-11-25-18-29(35)20-31(30(25)19-27)24-8-6-5-7-22(2)17-24/h4-6,8-14,16-17,19-21,33H,1,7,15,18H2,2-3H3. The number of rotatable bonds is 6. The summed E-state index contributed by atoms with van der Waals surface area (Å²) in [5.74, 6) is 0.146. The van der Waals surface area contributed by atoms with E-state index in [-0.39, 0.29) is 5.78 Å².